The van der Waals surface area contributed by atoms with Crippen LogP contribution in [0.2, 0.25) is 0 Å². The van der Waals surface area contributed by atoms with E-state index in [-0.39, 0.29) is 30.7 Å². The molecule has 0 atom stereocenters. The standard InChI is InChI=1S/C25H24N2O4/c1-4-31-23(29)12-11-22(28)24-25(30)20(14-26)19-10-9-18(13-21(19)27-24)17-7-5-16(6-8-17)15(2)3/h5-10,13,15,30H,4,11-12H2,1-3H3. The van der Waals surface area contributed by atoms with Gasteiger partial charge in [0.05, 0.1) is 18.5 Å². The van der Waals surface area contributed by atoms with Crippen molar-refractivity contribution in [1.82, 2.24) is 4.98 Å². The third-order valence-corrected chi connectivity index (χ3v) is 5.11. The molecule has 0 aliphatic carbocycles. The number of hydrogen-bond donors (Lipinski definition) is 1. The first-order chi connectivity index (χ1) is 14.8. The summed E-state index contributed by atoms with van der Waals surface area (Å²) >= 11 is 0. The summed E-state index contributed by atoms with van der Waals surface area (Å²) in [5.74, 6) is -1.05. The van der Waals surface area contributed by atoms with Gasteiger partial charge >= 0.3 is 5.97 Å². The molecular formula is C25H24N2O4. The van der Waals surface area contributed by atoms with E-state index in [1.807, 2.05) is 24.3 Å². The lowest BCUT2D eigenvalue weighted by Crippen LogP contribution is -2.10. The number of hydrogen-bond acceptors (Lipinski definition) is 6. The van der Waals surface area contributed by atoms with Crippen LogP contribution in [0.4, 0.5) is 0 Å². The second kappa shape index (κ2) is 9.40. The first-order valence-electron chi connectivity index (χ1n) is 10.2. The monoisotopic (exact) mass is 416 g/mol. The average Bonchev–Trinajstić information content (AvgIpc) is 2.77. The van der Waals surface area contributed by atoms with E-state index in [9.17, 15) is 20.0 Å². The maximum absolute atomic E-state index is 12.6. The molecule has 6 nitrogen and oxygen atoms in total. The van der Waals surface area contributed by atoms with Crippen molar-refractivity contribution in [2.24, 2.45) is 0 Å². The fraction of sp³-hybridized carbons (Fsp3) is 0.280. The van der Waals surface area contributed by atoms with E-state index < -0.39 is 17.5 Å². The van der Waals surface area contributed by atoms with Gasteiger partial charge in [-0.3, -0.25) is 9.59 Å². The van der Waals surface area contributed by atoms with E-state index in [1.54, 1.807) is 19.1 Å². The molecule has 0 fully saturated rings. The van der Waals surface area contributed by atoms with Gasteiger partial charge in [-0.15, -0.1) is 0 Å². The maximum atomic E-state index is 12.6. The number of rotatable bonds is 7. The molecule has 3 aromatic rings. The Morgan fingerprint density at radius 2 is 1.77 bits per heavy atom. The van der Waals surface area contributed by atoms with Crippen molar-refractivity contribution < 1.29 is 19.4 Å². The van der Waals surface area contributed by atoms with Crippen LogP contribution in [0.15, 0.2) is 42.5 Å². The van der Waals surface area contributed by atoms with E-state index in [2.05, 4.69) is 31.0 Å². The van der Waals surface area contributed by atoms with Gasteiger partial charge in [0.1, 0.15) is 17.3 Å². The van der Waals surface area contributed by atoms with Gasteiger partial charge in [-0.1, -0.05) is 50.2 Å². The first-order valence-corrected chi connectivity index (χ1v) is 10.2. The maximum Gasteiger partial charge on any atom is 0.306 e. The van der Waals surface area contributed by atoms with E-state index in [0.717, 1.165) is 11.1 Å². The summed E-state index contributed by atoms with van der Waals surface area (Å²) in [4.78, 5) is 28.5. The van der Waals surface area contributed by atoms with Crippen molar-refractivity contribution in [2.45, 2.75) is 39.5 Å². The number of esters is 1. The Hall–Kier alpha value is -3.72. The van der Waals surface area contributed by atoms with E-state index in [4.69, 9.17) is 4.74 Å². The van der Waals surface area contributed by atoms with Gasteiger partial charge in [0, 0.05) is 11.8 Å². The van der Waals surface area contributed by atoms with Crippen molar-refractivity contribution in [3.05, 3.63) is 59.3 Å². The summed E-state index contributed by atoms with van der Waals surface area (Å²) in [6.45, 7) is 6.17. The van der Waals surface area contributed by atoms with Crippen LogP contribution >= 0.6 is 0 Å². The molecule has 0 saturated heterocycles. The lowest BCUT2D eigenvalue weighted by atomic mass is 9.97. The Bertz CT molecular complexity index is 1170. The lowest BCUT2D eigenvalue weighted by Gasteiger charge is -2.11. The largest absolute Gasteiger partial charge is 0.504 e. The number of carbonyl (C=O) groups excluding carboxylic acids is 2. The number of ether oxygens (including phenoxy) is 1. The highest BCUT2D eigenvalue weighted by Gasteiger charge is 2.21. The molecule has 0 bridgehead atoms. The summed E-state index contributed by atoms with van der Waals surface area (Å²) in [6.07, 6.45) is -0.276. The Kier molecular flexibility index (Phi) is 6.66. The summed E-state index contributed by atoms with van der Waals surface area (Å²) in [5.41, 5.74) is 3.31. The Morgan fingerprint density at radius 3 is 2.39 bits per heavy atom. The van der Waals surface area contributed by atoms with Gasteiger partial charge in [0.2, 0.25) is 0 Å². The molecule has 0 radical (unpaired) electrons. The van der Waals surface area contributed by atoms with Crippen LogP contribution in [0.5, 0.6) is 5.75 Å². The number of aromatic nitrogens is 1. The van der Waals surface area contributed by atoms with E-state index in [0.29, 0.717) is 16.8 Å². The number of fused-ring (bicyclic) bond motifs is 1. The normalized spacial score (nSPS) is 10.8. The summed E-state index contributed by atoms with van der Waals surface area (Å²) in [6, 6.07) is 15.5. The molecule has 0 aliphatic heterocycles. The molecule has 1 heterocycles. The van der Waals surface area contributed by atoms with Crippen LogP contribution in [0.25, 0.3) is 22.0 Å². The number of nitrogens with zero attached hydrogens (tertiary/aromatic N) is 2. The fourth-order valence-electron chi connectivity index (χ4n) is 3.37. The number of pyridine rings is 1. The predicted octanol–water partition coefficient (Wildman–Crippen LogP) is 5.13. The zero-order valence-corrected chi connectivity index (χ0v) is 17.8. The van der Waals surface area contributed by atoms with Crippen molar-refractivity contribution in [1.29, 1.82) is 5.26 Å². The summed E-state index contributed by atoms with van der Waals surface area (Å²) < 4.78 is 4.83. The number of Topliss-reactive ketones (excluding diaryl/α,β-unsaturated/α-hetero) is 1. The van der Waals surface area contributed by atoms with Gasteiger partial charge in [-0.2, -0.15) is 5.26 Å². The molecule has 158 valence electrons. The molecular weight excluding hydrogens is 392 g/mol. The highest BCUT2D eigenvalue weighted by molar-refractivity contribution is 6.03. The van der Waals surface area contributed by atoms with Gasteiger partial charge in [-0.25, -0.2) is 4.98 Å². The highest BCUT2D eigenvalue weighted by Crippen LogP contribution is 2.32. The van der Waals surface area contributed by atoms with Crippen molar-refractivity contribution >= 4 is 22.7 Å². The molecule has 0 amide bonds. The van der Waals surface area contributed by atoms with Crippen LogP contribution in [-0.2, 0) is 9.53 Å². The molecule has 31 heavy (non-hydrogen) atoms. The summed E-state index contributed by atoms with van der Waals surface area (Å²) in [5, 5.41) is 20.5. The minimum absolute atomic E-state index is 0.00816. The number of ketones is 1. The number of aromatic hydroxyl groups is 1. The van der Waals surface area contributed by atoms with Crippen molar-refractivity contribution in [3.63, 3.8) is 0 Å². The fourth-order valence-corrected chi connectivity index (χ4v) is 3.37. The minimum atomic E-state index is -0.518. The lowest BCUT2D eigenvalue weighted by molar-refractivity contribution is -0.143. The van der Waals surface area contributed by atoms with Crippen LogP contribution in [0, 0.1) is 11.3 Å². The van der Waals surface area contributed by atoms with Crippen LogP contribution in [0.3, 0.4) is 0 Å². The molecule has 1 aromatic heterocycles. The summed E-state index contributed by atoms with van der Waals surface area (Å²) in [7, 11) is 0. The minimum Gasteiger partial charge on any atom is -0.504 e. The molecule has 1 N–H and O–H groups in total. The van der Waals surface area contributed by atoms with Gasteiger partial charge in [0.25, 0.3) is 0 Å². The molecule has 3 rings (SSSR count). The molecule has 0 saturated carbocycles. The smallest absolute Gasteiger partial charge is 0.306 e. The van der Waals surface area contributed by atoms with E-state index in [1.165, 1.54) is 5.56 Å². The topological polar surface area (TPSA) is 100 Å². The Balaban J connectivity index is 2.01. The predicted molar refractivity (Wildman–Crippen MR) is 118 cm³/mol. The van der Waals surface area contributed by atoms with Crippen molar-refractivity contribution in [2.75, 3.05) is 6.61 Å². The number of carbonyl (C=O) groups is 2. The van der Waals surface area contributed by atoms with E-state index >= 15 is 0 Å². The average molecular weight is 416 g/mol. The van der Waals surface area contributed by atoms with Gasteiger partial charge in [0.15, 0.2) is 11.5 Å². The SMILES string of the molecule is CCOC(=O)CCC(=O)c1nc2cc(-c3ccc(C(C)C)cc3)ccc2c(C#N)c1O. The van der Waals surface area contributed by atoms with Crippen molar-refractivity contribution in [3.8, 4) is 22.9 Å². The zero-order valence-electron chi connectivity index (χ0n) is 17.8. The Morgan fingerprint density at radius 1 is 1.10 bits per heavy atom. The Labute approximate surface area is 181 Å². The van der Waals surface area contributed by atoms with Gasteiger partial charge in [-0.05, 0) is 35.6 Å². The third-order valence-electron chi connectivity index (χ3n) is 5.11. The molecule has 2 aromatic carbocycles. The molecule has 0 spiro atoms. The number of nitriles is 1. The second-order valence-electron chi connectivity index (χ2n) is 7.53. The van der Waals surface area contributed by atoms with Crippen LogP contribution < -0.4 is 0 Å². The molecule has 0 aliphatic rings. The number of benzene rings is 2. The molecule has 0 unspecified atom stereocenters. The highest BCUT2D eigenvalue weighted by atomic mass is 16.5. The van der Waals surface area contributed by atoms with Crippen LogP contribution in [0.1, 0.15) is 61.1 Å². The van der Waals surface area contributed by atoms with Gasteiger partial charge < -0.3 is 9.84 Å². The first kappa shape index (κ1) is 22.0. The zero-order chi connectivity index (χ0) is 22.5. The van der Waals surface area contributed by atoms with Crippen LogP contribution in [-0.4, -0.2) is 28.4 Å². The quantitative estimate of drug-likeness (QED) is 0.423. The third kappa shape index (κ3) is 4.72. The second-order valence-corrected chi connectivity index (χ2v) is 7.53. The molecule has 6 heteroatoms.